The molecule has 0 nitrogen and oxygen atoms in total. The van der Waals surface area contributed by atoms with Crippen molar-refractivity contribution in [1.82, 2.24) is 0 Å². The van der Waals surface area contributed by atoms with Crippen LogP contribution in [0.25, 0.3) is 0 Å². The summed E-state index contributed by atoms with van der Waals surface area (Å²) in [7, 11) is 0. The van der Waals surface area contributed by atoms with Crippen molar-refractivity contribution in [3.63, 3.8) is 0 Å². The first-order valence-electron chi connectivity index (χ1n) is 4.65. The van der Waals surface area contributed by atoms with Crippen LogP contribution in [-0.2, 0) is 6.42 Å². The molecule has 1 saturated carbocycles. The van der Waals surface area contributed by atoms with Gasteiger partial charge in [0.2, 0.25) is 0 Å². The minimum atomic E-state index is -0.788. The highest BCUT2D eigenvalue weighted by Crippen LogP contribution is 2.49. The van der Waals surface area contributed by atoms with Crippen molar-refractivity contribution in [2.24, 2.45) is 5.41 Å². The smallest absolute Gasteiger partial charge is 0.159 e. The van der Waals surface area contributed by atoms with Crippen LogP contribution in [0.5, 0.6) is 0 Å². The Hall–Kier alpha value is -0.630. The van der Waals surface area contributed by atoms with Gasteiger partial charge < -0.3 is 0 Å². The zero-order valence-corrected chi connectivity index (χ0v) is 8.45. The summed E-state index contributed by atoms with van der Waals surface area (Å²) in [5, 5.41) is 0. The van der Waals surface area contributed by atoms with Gasteiger partial charge in [-0.15, -0.1) is 11.6 Å². The van der Waals surface area contributed by atoms with Crippen LogP contribution in [0.1, 0.15) is 18.4 Å². The summed E-state index contributed by atoms with van der Waals surface area (Å²) >= 11 is 5.81. The molecule has 14 heavy (non-hydrogen) atoms. The predicted molar refractivity (Wildman–Crippen MR) is 52.4 cm³/mol. The van der Waals surface area contributed by atoms with Crippen LogP contribution in [-0.4, -0.2) is 5.88 Å². The minimum Gasteiger partial charge on any atom is -0.204 e. The Bertz CT molecular complexity index is 345. The van der Waals surface area contributed by atoms with Gasteiger partial charge >= 0.3 is 0 Å². The van der Waals surface area contributed by atoms with Crippen LogP contribution < -0.4 is 0 Å². The average molecular weight is 217 g/mol. The van der Waals surface area contributed by atoms with E-state index >= 15 is 0 Å². The predicted octanol–water partition coefficient (Wildman–Crippen LogP) is 3.53. The molecule has 0 aliphatic heterocycles. The molecule has 76 valence electrons. The van der Waals surface area contributed by atoms with E-state index in [1.807, 2.05) is 0 Å². The molecule has 1 aromatic rings. The van der Waals surface area contributed by atoms with E-state index in [0.717, 1.165) is 24.8 Å². The molecule has 0 saturated heterocycles. The first-order valence-corrected chi connectivity index (χ1v) is 5.19. The highest BCUT2D eigenvalue weighted by Gasteiger charge is 2.41. The lowest BCUT2D eigenvalue weighted by Crippen LogP contribution is -2.06. The van der Waals surface area contributed by atoms with E-state index in [2.05, 4.69) is 0 Å². The molecule has 1 aliphatic carbocycles. The molecule has 0 aromatic heterocycles. The Morgan fingerprint density at radius 1 is 1.21 bits per heavy atom. The first kappa shape index (κ1) is 9.91. The molecule has 0 N–H and O–H groups in total. The lowest BCUT2D eigenvalue weighted by atomic mass is 9.98. The second-order valence-corrected chi connectivity index (χ2v) is 4.33. The quantitative estimate of drug-likeness (QED) is 0.679. The number of halogens is 3. The van der Waals surface area contributed by atoms with Gasteiger partial charge in [0, 0.05) is 5.88 Å². The van der Waals surface area contributed by atoms with Crippen molar-refractivity contribution in [1.29, 1.82) is 0 Å². The fourth-order valence-electron chi connectivity index (χ4n) is 1.62. The van der Waals surface area contributed by atoms with Gasteiger partial charge in [0.05, 0.1) is 0 Å². The zero-order valence-electron chi connectivity index (χ0n) is 7.69. The molecule has 2 rings (SSSR count). The second kappa shape index (κ2) is 3.50. The largest absolute Gasteiger partial charge is 0.204 e. The maximum Gasteiger partial charge on any atom is 0.159 e. The average Bonchev–Trinajstić information content (AvgIpc) is 2.93. The van der Waals surface area contributed by atoms with Crippen molar-refractivity contribution < 1.29 is 8.78 Å². The SMILES string of the molecule is Fc1ccc(CC2(CCl)CC2)cc1F. The third kappa shape index (κ3) is 1.90. The molecule has 0 spiro atoms. The summed E-state index contributed by atoms with van der Waals surface area (Å²) in [6.45, 7) is 0. The van der Waals surface area contributed by atoms with Crippen molar-refractivity contribution in [2.45, 2.75) is 19.3 Å². The molecule has 0 unspecified atom stereocenters. The van der Waals surface area contributed by atoms with Crippen molar-refractivity contribution in [2.75, 3.05) is 5.88 Å². The number of hydrogen-bond donors (Lipinski definition) is 0. The van der Waals surface area contributed by atoms with Crippen molar-refractivity contribution in [3.05, 3.63) is 35.4 Å². The van der Waals surface area contributed by atoms with Crippen LogP contribution in [0.4, 0.5) is 8.78 Å². The number of alkyl halides is 1. The van der Waals surface area contributed by atoms with E-state index in [-0.39, 0.29) is 5.41 Å². The molecule has 0 bridgehead atoms. The normalized spacial score (nSPS) is 18.2. The summed E-state index contributed by atoms with van der Waals surface area (Å²) in [6, 6.07) is 4.07. The van der Waals surface area contributed by atoms with E-state index in [1.54, 1.807) is 6.07 Å². The summed E-state index contributed by atoms with van der Waals surface area (Å²) < 4.78 is 25.5. The van der Waals surface area contributed by atoms with Gasteiger partial charge in [0.25, 0.3) is 0 Å². The van der Waals surface area contributed by atoms with Crippen LogP contribution in [0.2, 0.25) is 0 Å². The third-order valence-corrected chi connectivity index (χ3v) is 3.37. The zero-order chi connectivity index (χ0) is 10.2. The second-order valence-electron chi connectivity index (χ2n) is 4.06. The molecule has 0 radical (unpaired) electrons. The lowest BCUT2D eigenvalue weighted by Gasteiger charge is -2.10. The molecule has 1 fully saturated rings. The van der Waals surface area contributed by atoms with E-state index in [9.17, 15) is 8.78 Å². The van der Waals surface area contributed by atoms with Crippen LogP contribution in [0, 0.1) is 17.0 Å². The van der Waals surface area contributed by atoms with Gasteiger partial charge in [-0.2, -0.15) is 0 Å². The third-order valence-electron chi connectivity index (χ3n) is 2.80. The van der Waals surface area contributed by atoms with Gasteiger partial charge in [-0.1, -0.05) is 6.07 Å². The summed E-state index contributed by atoms with van der Waals surface area (Å²) in [5.74, 6) is -0.955. The number of hydrogen-bond acceptors (Lipinski definition) is 0. The monoisotopic (exact) mass is 216 g/mol. The minimum absolute atomic E-state index is 0.159. The fourth-order valence-corrected chi connectivity index (χ4v) is 1.98. The topological polar surface area (TPSA) is 0 Å². The highest BCUT2D eigenvalue weighted by atomic mass is 35.5. The molecular formula is C11H11ClF2. The Balaban J connectivity index is 2.14. The molecule has 1 aromatic carbocycles. The van der Waals surface area contributed by atoms with E-state index < -0.39 is 11.6 Å². The Morgan fingerprint density at radius 2 is 1.93 bits per heavy atom. The Kier molecular flexibility index (Phi) is 2.48. The van der Waals surface area contributed by atoms with Gasteiger partial charge in [0.15, 0.2) is 11.6 Å². The van der Waals surface area contributed by atoms with E-state index in [0.29, 0.717) is 5.88 Å². The number of benzene rings is 1. The maximum absolute atomic E-state index is 12.9. The molecule has 3 heteroatoms. The summed E-state index contributed by atoms with van der Waals surface area (Å²) in [4.78, 5) is 0. The first-order chi connectivity index (χ1) is 6.65. The summed E-state index contributed by atoms with van der Waals surface area (Å²) in [5.41, 5.74) is 0.994. The number of rotatable bonds is 3. The lowest BCUT2D eigenvalue weighted by molar-refractivity contribution is 0.503. The van der Waals surface area contributed by atoms with E-state index in [4.69, 9.17) is 11.6 Å². The molecule has 0 amide bonds. The van der Waals surface area contributed by atoms with Gasteiger partial charge in [-0.3, -0.25) is 0 Å². The molecular weight excluding hydrogens is 206 g/mol. The Morgan fingerprint density at radius 3 is 2.43 bits per heavy atom. The fraction of sp³-hybridized carbons (Fsp3) is 0.455. The maximum atomic E-state index is 12.9. The van der Waals surface area contributed by atoms with E-state index in [1.165, 1.54) is 12.1 Å². The molecule has 0 atom stereocenters. The molecule has 1 aliphatic rings. The van der Waals surface area contributed by atoms with Gasteiger partial charge in [0.1, 0.15) is 0 Å². The molecule has 0 heterocycles. The van der Waals surface area contributed by atoms with Crippen LogP contribution >= 0.6 is 11.6 Å². The Labute approximate surface area is 86.9 Å². The van der Waals surface area contributed by atoms with Gasteiger partial charge in [-0.05, 0) is 42.4 Å². The van der Waals surface area contributed by atoms with Crippen LogP contribution in [0.3, 0.4) is 0 Å². The standard InChI is InChI=1S/C11H11ClF2/c12-7-11(3-4-11)6-8-1-2-9(13)10(14)5-8/h1-2,5H,3-4,6-7H2. The van der Waals surface area contributed by atoms with Crippen molar-refractivity contribution in [3.8, 4) is 0 Å². The highest BCUT2D eigenvalue weighted by molar-refractivity contribution is 6.18. The van der Waals surface area contributed by atoms with Crippen LogP contribution in [0.15, 0.2) is 18.2 Å². The summed E-state index contributed by atoms with van der Waals surface area (Å²) in [6.07, 6.45) is 2.94. The van der Waals surface area contributed by atoms with Crippen molar-refractivity contribution >= 4 is 11.6 Å². The van der Waals surface area contributed by atoms with Gasteiger partial charge in [-0.25, -0.2) is 8.78 Å².